The van der Waals surface area contributed by atoms with Crippen molar-refractivity contribution < 1.29 is 24.2 Å². The van der Waals surface area contributed by atoms with Gasteiger partial charge in [-0.2, -0.15) is 0 Å². The minimum Gasteiger partial charge on any atom is -0.444 e. The lowest BCUT2D eigenvalue weighted by molar-refractivity contribution is -0.147. The molecule has 0 radical (unpaired) electrons. The molecule has 0 aliphatic rings. The minimum absolute atomic E-state index is 0.416. The first-order valence-electron chi connectivity index (χ1n) is 13.4. The first-order valence-corrected chi connectivity index (χ1v) is 13.4. The number of hydrogen-bond donors (Lipinski definition) is 3. The molecule has 0 fully saturated rings. The Morgan fingerprint density at radius 1 is 0.900 bits per heavy atom. The van der Waals surface area contributed by atoms with Crippen molar-refractivity contribution >= 4 is 34.4 Å². The topological polar surface area (TPSA) is 108 Å². The number of aliphatic hydroxyl groups is 1. The van der Waals surface area contributed by atoms with Crippen molar-refractivity contribution in [1.82, 2.24) is 10.2 Å². The third-order valence-electron chi connectivity index (χ3n) is 6.60. The van der Waals surface area contributed by atoms with E-state index in [1.807, 2.05) is 95.3 Å². The van der Waals surface area contributed by atoms with Gasteiger partial charge < -0.3 is 25.4 Å². The van der Waals surface area contributed by atoms with Crippen molar-refractivity contribution in [3.8, 4) is 0 Å². The first-order chi connectivity index (χ1) is 18.6. The molecule has 214 valence electrons. The van der Waals surface area contributed by atoms with Crippen molar-refractivity contribution in [3.63, 3.8) is 0 Å². The van der Waals surface area contributed by atoms with Crippen molar-refractivity contribution in [2.75, 3.05) is 11.9 Å². The number of nitrogens with one attached hydrogen (secondary N) is 2. The van der Waals surface area contributed by atoms with Crippen LogP contribution in [0, 0.1) is 13.8 Å². The van der Waals surface area contributed by atoms with Crippen LogP contribution in [-0.4, -0.2) is 51.7 Å². The van der Waals surface area contributed by atoms with Crippen LogP contribution in [0.3, 0.4) is 0 Å². The van der Waals surface area contributed by atoms with E-state index in [4.69, 9.17) is 4.74 Å². The highest BCUT2D eigenvalue weighted by molar-refractivity contribution is 6.01. The summed E-state index contributed by atoms with van der Waals surface area (Å²) >= 11 is 0. The molecule has 2 atom stereocenters. The maximum Gasteiger partial charge on any atom is 0.408 e. The van der Waals surface area contributed by atoms with E-state index in [0.717, 1.165) is 21.9 Å². The lowest BCUT2D eigenvalue weighted by atomic mass is 9.91. The highest BCUT2D eigenvalue weighted by atomic mass is 16.6. The summed E-state index contributed by atoms with van der Waals surface area (Å²) in [5, 5.41) is 17.7. The molecule has 0 spiro atoms. The standard InChI is InChI=1S/C32H41N3O5/c1-20-12-11-15-25(21(20)2)27(28(37)33-24-17-16-22-13-9-10-14-23(22)18-24)35(31(3,4)5)29(38)26(19-36)34-30(39)40-32(6,7)8/h9-18,26-27,36H,19H2,1-8H3,(H,33,37)(H,34,39). The Hall–Kier alpha value is -3.91. The van der Waals surface area contributed by atoms with Crippen LogP contribution in [0.4, 0.5) is 10.5 Å². The van der Waals surface area contributed by atoms with Gasteiger partial charge in [-0.1, -0.05) is 48.5 Å². The molecule has 0 saturated heterocycles. The van der Waals surface area contributed by atoms with Crippen molar-refractivity contribution in [3.05, 3.63) is 77.4 Å². The van der Waals surface area contributed by atoms with E-state index in [1.54, 1.807) is 20.8 Å². The van der Waals surface area contributed by atoms with Crippen LogP contribution in [0.25, 0.3) is 10.8 Å². The molecule has 8 heteroatoms. The largest absolute Gasteiger partial charge is 0.444 e. The van der Waals surface area contributed by atoms with E-state index in [2.05, 4.69) is 10.6 Å². The summed E-state index contributed by atoms with van der Waals surface area (Å²) in [6, 6.07) is 16.7. The predicted octanol–water partition coefficient (Wildman–Crippen LogP) is 5.65. The van der Waals surface area contributed by atoms with Crippen LogP contribution in [0.15, 0.2) is 60.7 Å². The molecule has 0 aliphatic carbocycles. The molecule has 0 saturated carbocycles. The van der Waals surface area contributed by atoms with Gasteiger partial charge in [0.25, 0.3) is 5.91 Å². The smallest absolute Gasteiger partial charge is 0.408 e. The monoisotopic (exact) mass is 547 g/mol. The van der Waals surface area contributed by atoms with Gasteiger partial charge in [0, 0.05) is 11.2 Å². The molecule has 0 aliphatic heterocycles. The van der Waals surface area contributed by atoms with E-state index in [0.29, 0.717) is 11.3 Å². The maximum absolute atomic E-state index is 14.1. The Morgan fingerprint density at radius 3 is 2.15 bits per heavy atom. The SMILES string of the molecule is Cc1cccc(C(C(=O)Nc2ccc3ccccc3c2)N(C(=O)C(CO)NC(=O)OC(C)(C)C)C(C)(C)C)c1C. The normalized spacial score (nSPS) is 13.3. The Labute approximate surface area is 236 Å². The van der Waals surface area contributed by atoms with Crippen LogP contribution in [0.2, 0.25) is 0 Å². The number of amides is 3. The van der Waals surface area contributed by atoms with E-state index < -0.39 is 47.7 Å². The van der Waals surface area contributed by atoms with Gasteiger partial charge in [-0.15, -0.1) is 0 Å². The van der Waals surface area contributed by atoms with Gasteiger partial charge in [-0.3, -0.25) is 9.59 Å². The molecule has 0 aromatic heterocycles. The number of fused-ring (bicyclic) bond motifs is 1. The highest BCUT2D eigenvalue weighted by Gasteiger charge is 2.42. The van der Waals surface area contributed by atoms with E-state index in [1.165, 1.54) is 4.90 Å². The molecular weight excluding hydrogens is 506 g/mol. The molecule has 2 unspecified atom stereocenters. The van der Waals surface area contributed by atoms with E-state index in [-0.39, 0.29) is 0 Å². The Balaban J connectivity index is 2.07. The second-order valence-electron chi connectivity index (χ2n) is 12.0. The number of aryl methyl sites for hydroxylation is 1. The zero-order chi connectivity index (χ0) is 29.8. The Kier molecular flexibility index (Phi) is 9.25. The van der Waals surface area contributed by atoms with Gasteiger partial charge in [-0.25, -0.2) is 4.79 Å². The average Bonchev–Trinajstić information content (AvgIpc) is 2.85. The summed E-state index contributed by atoms with van der Waals surface area (Å²) < 4.78 is 5.32. The third kappa shape index (κ3) is 7.39. The lowest BCUT2D eigenvalue weighted by Gasteiger charge is -2.43. The zero-order valence-electron chi connectivity index (χ0n) is 24.7. The molecule has 3 aromatic carbocycles. The Bertz CT molecular complexity index is 1390. The van der Waals surface area contributed by atoms with E-state index >= 15 is 0 Å². The summed E-state index contributed by atoms with van der Waals surface area (Å²) in [5.74, 6) is -1.03. The van der Waals surface area contributed by atoms with E-state index in [9.17, 15) is 19.5 Å². The summed E-state index contributed by atoms with van der Waals surface area (Å²) in [4.78, 5) is 42.2. The fourth-order valence-electron chi connectivity index (χ4n) is 4.59. The molecule has 8 nitrogen and oxygen atoms in total. The van der Waals surface area contributed by atoms with Crippen LogP contribution in [-0.2, 0) is 14.3 Å². The van der Waals surface area contributed by atoms with Crippen molar-refractivity contribution in [2.24, 2.45) is 0 Å². The van der Waals surface area contributed by atoms with Crippen LogP contribution in [0.1, 0.15) is 64.3 Å². The summed E-state index contributed by atoms with van der Waals surface area (Å²) in [6.07, 6.45) is -0.835. The minimum atomic E-state index is -1.32. The number of nitrogens with zero attached hydrogens (tertiary/aromatic N) is 1. The summed E-state index contributed by atoms with van der Waals surface area (Å²) in [7, 11) is 0. The van der Waals surface area contributed by atoms with Crippen LogP contribution >= 0.6 is 0 Å². The van der Waals surface area contributed by atoms with Gasteiger partial charge in [0.15, 0.2) is 0 Å². The maximum atomic E-state index is 14.1. The number of carbonyl (C=O) groups is 3. The number of anilines is 1. The molecule has 3 N–H and O–H groups in total. The van der Waals surface area contributed by atoms with Crippen molar-refractivity contribution in [1.29, 1.82) is 0 Å². The second kappa shape index (κ2) is 12.1. The van der Waals surface area contributed by atoms with Gasteiger partial charge >= 0.3 is 6.09 Å². The number of benzene rings is 3. The molecular formula is C32H41N3O5. The first kappa shape index (κ1) is 30.6. The molecule has 3 rings (SSSR count). The molecule has 40 heavy (non-hydrogen) atoms. The molecule has 3 amide bonds. The number of aliphatic hydroxyl groups excluding tert-OH is 1. The number of ether oxygens (including phenoxy) is 1. The van der Waals surface area contributed by atoms with Gasteiger partial charge in [0.1, 0.15) is 17.7 Å². The number of carbonyl (C=O) groups excluding carboxylic acids is 3. The van der Waals surface area contributed by atoms with Gasteiger partial charge in [0.05, 0.1) is 6.61 Å². The summed E-state index contributed by atoms with van der Waals surface area (Å²) in [6.45, 7) is 13.7. The van der Waals surface area contributed by atoms with Crippen LogP contribution in [0.5, 0.6) is 0 Å². The summed E-state index contributed by atoms with van der Waals surface area (Å²) in [5.41, 5.74) is 1.40. The second-order valence-corrected chi connectivity index (χ2v) is 12.0. The van der Waals surface area contributed by atoms with Crippen molar-refractivity contribution in [2.45, 2.75) is 78.6 Å². The third-order valence-corrected chi connectivity index (χ3v) is 6.60. The number of alkyl carbamates (subject to hydrolysis) is 1. The molecule has 0 bridgehead atoms. The zero-order valence-corrected chi connectivity index (χ0v) is 24.7. The van der Waals surface area contributed by atoms with Gasteiger partial charge in [0.2, 0.25) is 5.91 Å². The number of hydrogen-bond acceptors (Lipinski definition) is 5. The molecule has 0 heterocycles. The predicted molar refractivity (Wildman–Crippen MR) is 158 cm³/mol. The fourth-order valence-corrected chi connectivity index (χ4v) is 4.59. The van der Waals surface area contributed by atoms with Crippen LogP contribution < -0.4 is 10.6 Å². The average molecular weight is 548 g/mol. The Morgan fingerprint density at radius 2 is 1.55 bits per heavy atom. The fraction of sp³-hybridized carbons (Fsp3) is 0.406. The quantitative estimate of drug-likeness (QED) is 0.354. The molecule has 3 aromatic rings. The highest BCUT2D eigenvalue weighted by Crippen LogP contribution is 2.34. The lowest BCUT2D eigenvalue weighted by Crippen LogP contribution is -2.59. The van der Waals surface area contributed by atoms with Gasteiger partial charge in [-0.05, 0) is 95.0 Å². The number of rotatable bonds is 7.